The Labute approximate surface area is 150 Å². The highest BCUT2D eigenvalue weighted by atomic mass is 32.2. The molecule has 0 unspecified atom stereocenters. The van der Waals surface area contributed by atoms with Crippen LogP contribution in [0.1, 0.15) is 18.4 Å². The zero-order valence-corrected chi connectivity index (χ0v) is 15.3. The zero-order chi connectivity index (χ0) is 18.4. The monoisotopic (exact) mass is 382 g/mol. The van der Waals surface area contributed by atoms with Crippen LogP contribution in [-0.4, -0.2) is 38.4 Å². The molecule has 1 aromatic carbocycles. The molecule has 0 aromatic heterocycles. The predicted octanol–water partition coefficient (Wildman–Crippen LogP) is 1.87. The third-order valence-electron chi connectivity index (χ3n) is 3.78. The number of carbonyl (C=O) groups excluding carboxylic acids is 2. The molecule has 134 valence electrons. The molecule has 1 N–H and O–H groups in total. The summed E-state index contributed by atoms with van der Waals surface area (Å²) in [5, 5.41) is 13.2. The lowest BCUT2D eigenvalue weighted by Crippen LogP contribution is -2.22. The van der Waals surface area contributed by atoms with Crippen molar-refractivity contribution in [2.75, 3.05) is 23.4 Å². The van der Waals surface area contributed by atoms with E-state index in [0.29, 0.717) is 12.1 Å². The van der Waals surface area contributed by atoms with Crippen molar-refractivity contribution in [3.8, 4) is 5.40 Å². The molecule has 0 bridgehead atoms. The minimum atomic E-state index is -3.03. The average molecular weight is 382 g/mol. The number of anilines is 1. The summed E-state index contributed by atoms with van der Waals surface area (Å²) >= 11 is 1.03. The van der Waals surface area contributed by atoms with Crippen molar-refractivity contribution in [2.45, 2.75) is 24.7 Å². The Morgan fingerprint density at radius 1 is 1.44 bits per heavy atom. The van der Waals surface area contributed by atoms with Crippen LogP contribution in [0.15, 0.2) is 23.1 Å². The Morgan fingerprint density at radius 3 is 2.80 bits per heavy atom. The van der Waals surface area contributed by atoms with E-state index < -0.39 is 28.3 Å². The van der Waals surface area contributed by atoms with Gasteiger partial charge in [-0.2, -0.15) is 5.26 Å². The summed E-state index contributed by atoms with van der Waals surface area (Å²) in [5.74, 6) is -1.18. The number of ether oxygens (including phenoxy) is 1. The topological polar surface area (TPSA) is 113 Å². The van der Waals surface area contributed by atoms with E-state index in [1.807, 2.05) is 5.40 Å². The summed E-state index contributed by atoms with van der Waals surface area (Å²) in [6.45, 7) is 1.37. The lowest BCUT2D eigenvalue weighted by atomic mass is 10.1. The predicted molar refractivity (Wildman–Crippen MR) is 93.6 cm³/mol. The van der Waals surface area contributed by atoms with Gasteiger partial charge in [-0.15, -0.1) is 0 Å². The number of hydrogen-bond acceptors (Lipinski definition) is 7. The van der Waals surface area contributed by atoms with Gasteiger partial charge >= 0.3 is 5.97 Å². The SMILES string of the molecule is Cc1cc(SC#N)ccc1NC(=O)COC(=O)C[C@H]1CCS(=O)(=O)C1. The number of nitrogens with zero attached hydrogens (tertiary/aromatic N) is 1. The van der Waals surface area contributed by atoms with E-state index in [2.05, 4.69) is 5.32 Å². The number of aryl methyl sites for hydroxylation is 1. The fraction of sp³-hybridized carbons (Fsp3) is 0.438. The summed E-state index contributed by atoms with van der Waals surface area (Å²) < 4.78 is 27.6. The van der Waals surface area contributed by atoms with Crippen LogP contribution in [0.2, 0.25) is 0 Å². The van der Waals surface area contributed by atoms with E-state index in [1.54, 1.807) is 25.1 Å². The molecule has 7 nitrogen and oxygen atoms in total. The van der Waals surface area contributed by atoms with Crippen molar-refractivity contribution in [3.05, 3.63) is 23.8 Å². The van der Waals surface area contributed by atoms with Gasteiger partial charge in [-0.3, -0.25) is 9.59 Å². The largest absolute Gasteiger partial charge is 0.456 e. The van der Waals surface area contributed by atoms with Gasteiger partial charge in [0.05, 0.1) is 11.5 Å². The molecule has 2 rings (SSSR count). The lowest BCUT2D eigenvalue weighted by molar-refractivity contribution is -0.148. The molecular formula is C16H18N2O5S2. The number of benzene rings is 1. The second kappa shape index (κ2) is 8.36. The quantitative estimate of drug-likeness (QED) is 0.454. The molecule has 25 heavy (non-hydrogen) atoms. The highest BCUT2D eigenvalue weighted by Gasteiger charge is 2.30. The van der Waals surface area contributed by atoms with Crippen LogP contribution in [0.5, 0.6) is 0 Å². The molecule has 1 saturated heterocycles. The van der Waals surface area contributed by atoms with Gasteiger partial charge in [0.25, 0.3) is 5.91 Å². The van der Waals surface area contributed by atoms with Gasteiger partial charge in [0.2, 0.25) is 0 Å². The molecule has 0 radical (unpaired) electrons. The first-order valence-corrected chi connectivity index (χ1v) is 10.3. The third kappa shape index (κ3) is 6.07. The molecule has 1 heterocycles. The molecule has 1 fully saturated rings. The standard InChI is InChI=1S/C16H18N2O5S2/c1-11-6-13(24-10-17)2-3-14(11)18-15(19)8-23-16(20)7-12-4-5-25(21,22)9-12/h2-3,6,12H,4-5,7-9H2,1H3,(H,18,19)/t12-/m1/s1. The van der Waals surface area contributed by atoms with Crippen molar-refractivity contribution in [2.24, 2.45) is 5.92 Å². The molecule has 1 amide bonds. The number of amides is 1. The molecule has 0 spiro atoms. The van der Waals surface area contributed by atoms with Crippen LogP contribution < -0.4 is 5.32 Å². The molecule has 0 saturated carbocycles. The average Bonchev–Trinajstić information content (AvgIpc) is 2.87. The highest BCUT2D eigenvalue weighted by molar-refractivity contribution is 8.03. The molecule has 0 aliphatic carbocycles. The number of hydrogen-bond donors (Lipinski definition) is 1. The van der Waals surface area contributed by atoms with Gasteiger partial charge in [0, 0.05) is 17.0 Å². The van der Waals surface area contributed by atoms with Gasteiger partial charge in [0.15, 0.2) is 16.4 Å². The van der Waals surface area contributed by atoms with E-state index in [1.165, 1.54) is 0 Å². The molecule has 1 aliphatic heterocycles. The number of sulfone groups is 1. The van der Waals surface area contributed by atoms with Crippen molar-refractivity contribution < 1.29 is 22.7 Å². The van der Waals surface area contributed by atoms with Gasteiger partial charge in [-0.1, -0.05) is 0 Å². The van der Waals surface area contributed by atoms with Crippen LogP contribution in [-0.2, 0) is 24.2 Å². The number of esters is 1. The van der Waals surface area contributed by atoms with Crippen molar-refractivity contribution in [1.29, 1.82) is 5.26 Å². The minimum Gasteiger partial charge on any atom is -0.456 e. The Hall–Kier alpha value is -2.05. The fourth-order valence-electron chi connectivity index (χ4n) is 2.55. The normalized spacial score (nSPS) is 18.3. The van der Waals surface area contributed by atoms with Crippen LogP contribution in [0.4, 0.5) is 5.69 Å². The Kier molecular flexibility index (Phi) is 6.45. The van der Waals surface area contributed by atoms with Gasteiger partial charge in [-0.05, 0) is 54.8 Å². The van der Waals surface area contributed by atoms with E-state index in [0.717, 1.165) is 22.2 Å². The number of nitriles is 1. The van der Waals surface area contributed by atoms with E-state index in [-0.39, 0.29) is 23.8 Å². The minimum absolute atomic E-state index is 0.000544. The second-order valence-corrected chi connectivity index (χ2v) is 8.94. The van der Waals surface area contributed by atoms with Crippen LogP contribution in [0.25, 0.3) is 0 Å². The Morgan fingerprint density at radius 2 is 2.20 bits per heavy atom. The van der Waals surface area contributed by atoms with E-state index in [9.17, 15) is 18.0 Å². The molecule has 1 aliphatic rings. The molecule has 1 aromatic rings. The highest BCUT2D eigenvalue weighted by Crippen LogP contribution is 2.24. The maximum Gasteiger partial charge on any atom is 0.306 e. The van der Waals surface area contributed by atoms with Gasteiger partial charge in [0.1, 0.15) is 5.40 Å². The maximum atomic E-state index is 11.9. The zero-order valence-electron chi connectivity index (χ0n) is 13.6. The summed E-state index contributed by atoms with van der Waals surface area (Å²) in [5.41, 5.74) is 1.36. The van der Waals surface area contributed by atoms with Gasteiger partial charge in [-0.25, -0.2) is 8.42 Å². The number of nitrogens with one attached hydrogen (secondary N) is 1. The van der Waals surface area contributed by atoms with Crippen molar-refractivity contribution >= 4 is 39.2 Å². The number of thioether (sulfide) groups is 1. The molecule has 9 heteroatoms. The number of carbonyl (C=O) groups is 2. The van der Waals surface area contributed by atoms with E-state index >= 15 is 0 Å². The van der Waals surface area contributed by atoms with Gasteiger partial charge < -0.3 is 10.1 Å². The molecule has 1 atom stereocenters. The first kappa shape index (κ1) is 19.3. The smallest absolute Gasteiger partial charge is 0.306 e. The van der Waals surface area contributed by atoms with E-state index in [4.69, 9.17) is 10.00 Å². The Bertz CT molecular complexity index is 814. The molecular weight excluding hydrogens is 364 g/mol. The first-order chi connectivity index (χ1) is 11.8. The number of rotatable bonds is 6. The van der Waals surface area contributed by atoms with Crippen molar-refractivity contribution in [3.63, 3.8) is 0 Å². The third-order valence-corrected chi connectivity index (χ3v) is 6.20. The first-order valence-electron chi connectivity index (χ1n) is 7.61. The summed E-state index contributed by atoms with van der Waals surface area (Å²) in [6, 6.07) is 5.16. The van der Waals surface area contributed by atoms with Crippen molar-refractivity contribution in [1.82, 2.24) is 0 Å². The summed E-state index contributed by atoms with van der Waals surface area (Å²) in [6.07, 6.45) is 0.460. The number of thiocyanates is 1. The maximum absolute atomic E-state index is 11.9. The van der Waals surface area contributed by atoms with Crippen LogP contribution in [0, 0.1) is 23.5 Å². The summed E-state index contributed by atoms with van der Waals surface area (Å²) in [4.78, 5) is 24.4. The second-order valence-electron chi connectivity index (χ2n) is 5.85. The van der Waals surface area contributed by atoms with Crippen LogP contribution in [0.3, 0.4) is 0 Å². The fourth-order valence-corrected chi connectivity index (χ4v) is 4.89. The lowest BCUT2D eigenvalue weighted by Gasteiger charge is -2.10. The Balaban J connectivity index is 1.79. The summed E-state index contributed by atoms with van der Waals surface area (Å²) in [7, 11) is -3.03. The van der Waals surface area contributed by atoms with Crippen LogP contribution >= 0.6 is 11.8 Å².